The van der Waals surface area contributed by atoms with Gasteiger partial charge in [0.15, 0.2) is 0 Å². The van der Waals surface area contributed by atoms with Gasteiger partial charge in [-0.15, -0.1) is 11.6 Å². The van der Waals surface area contributed by atoms with Gasteiger partial charge in [0.25, 0.3) is 0 Å². The predicted molar refractivity (Wildman–Crippen MR) is 71.7 cm³/mol. The number of rotatable bonds is 5. The fourth-order valence-electron chi connectivity index (χ4n) is 2.52. The van der Waals surface area contributed by atoms with Crippen LogP contribution in [0.25, 0.3) is 0 Å². The quantitative estimate of drug-likeness (QED) is 0.748. The van der Waals surface area contributed by atoms with Crippen LogP contribution in [0.4, 0.5) is 0 Å². The van der Waals surface area contributed by atoms with Gasteiger partial charge in [-0.1, -0.05) is 18.2 Å². The molecular formula is C14H20ClNO. The second-order valence-corrected chi connectivity index (χ2v) is 5.06. The SMILES string of the molecule is COc1ccccc1CN1CCC(CCCl)C1. The van der Waals surface area contributed by atoms with E-state index in [4.69, 9.17) is 16.3 Å². The highest BCUT2D eigenvalue weighted by atomic mass is 35.5. The van der Waals surface area contributed by atoms with E-state index in [0.717, 1.165) is 30.5 Å². The van der Waals surface area contributed by atoms with E-state index >= 15 is 0 Å². The number of hydrogen-bond acceptors (Lipinski definition) is 2. The van der Waals surface area contributed by atoms with Crippen LogP contribution in [0.15, 0.2) is 24.3 Å². The van der Waals surface area contributed by atoms with Gasteiger partial charge in [-0.25, -0.2) is 0 Å². The molecule has 0 spiro atoms. The zero-order chi connectivity index (χ0) is 12.1. The highest BCUT2D eigenvalue weighted by Gasteiger charge is 2.22. The van der Waals surface area contributed by atoms with Crippen molar-refractivity contribution in [1.82, 2.24) is 4.90 Å². The van der Waals surface area contributed by atoms with E-state index in [-0.39, 0.29) is 0 Å². The van der Waals surface area contributed by atoms with E-state index in [1.165, 1.54) is 25.1 Å². The van der Waals surface area contributed by atoms with Crippen molar-refractivity contribution in [3.8, 4) is 5.75 Å². The topological polar surface area (TPSA) is 12.5 Å². The number of nitrogens with zero attached hydrogens (tertiary/aromatic N) is 1. The summed E-state index contributed by atoms with van der Waals surface area (Å²) in [6, 6.07) is 8.27. The lowest BCUT2D eigenvalue weighted by Gasteiger charge is -2.17. The van der Waals surface area contributed by atoms with Gasteiger partial charge < -0.3 is 4.74 Å². The highest BCUT2D eigenvalue weighted by molar-refractivity contribution is 6.17. The van der Waals surface area contributed by atoms with Gasteiger partial charge in [0.2, 0.25) is 0 Å². The van der Waals surface area contributed by atoms with E-state index in [9.17, 15) is 0 Å². The van der Waals surface area contributed by atoms with E-state index in [0.29, 0.717) is 0 Å². The Kier molecular flexibility index (Phi) is 4.69. The molecule has 0 radical (unpaired) electrons. The van der Waals surface area contributed by atoms with Gasteiger partial charge in [0.05, 0.1) is 7.11 Å². The number of ether oxygens (including phenoxy) is 1. The zero-order valence-electron chi connectivity index (χ0n) is 10.4. The summed E-state index contributed by atoms with van der Waals surface area (Å²) < 4.78 is 5.38. The molecule has 0 saturated carbocycles. The van der Waals surface area contributed by atoms with Crippen LogP contribution in [0.1, 0.15) is 18.4 Å². The van der Waals surface area contributed by atoms with Gasteiger partial charge in [0.1, 0.15) is 5.75 Å². The Morgan fingerprint density at radius 2 is 2.24 bits per heavy atom. The first kappa shape index (κ1) is 12.7. The maximum Gasteiger partial charge on any atom is 0.123 e. The minimum atomic E-state index is 0.780. The molecule has 1 atom stereocenters. The van der Waals surface area contributed by atoms with Gasteiger partial charge in [-0.2, -0.15) is 0 Å². The van der Waals surface area contributed by atoms with E-state index < -0.39 is 0 Å². The molecule has 0 aromatic heterocycles. The van der Waals surface area contributed by atoms with E-state index in [1.54, 1.807) is 7.11 Å². The average Bonchev–Trinajstić information content (AvgIpc) is 2.78. The summed E-state index contributed by atoms with van der Waals surface area (Å²) in [5, 5.41) is 0. The second-order valence-electron chi connectivity index (χ2n) is 4.68. The van der Waals surface area contributed by atoms with Crippen molar-refractivity contribution < 1.29 is 4.74 Å². The second kappa shape index (κ2) is 6.27. The van der Waals surface area contributed by atoms with Crippen molar-refractivity contribution in [3.05, 3.63) is 29.8 Å². The van der Waals surface area contributed by atoms with Crippen LogP contribution in [0, 0.1) is 5.92 Å². The lowest BCUT2D eigenvalue weighted by Crippen LogP contribution is -2.20. The summed E-state index contributed by atoms with van der Waals surface area (Å²) >= 11 is 5.80. The van der Waals surface area contributed by atoms with Crippen LogP contribution < -0.4 is 4.74 Å². The first-order valence-electron chi connectivity index (χ1n) is 6.23. The summed E-state index contributed by atoms with van der Waals surface area (Å²) in [4.78, 5) is 2.50. The molecule has 17 heavy (non-hydrogen) atoms. The fourth-order valence-corrected chi connectivity index (χ4v) is 2.83. The monoisotopic (exact) mass is 253 g/mol. The van der Waals surface area contributed by atoms with Crippen LogP contribution >= 0.6 is 11.6 Å². The van der Waals surface area contributed by atoms with Gasteiger partial charge in [-0.05, 0) is 31.4 Å². The first-order valence-corrected chi connectivity index (χ1v) is 6.77. The third kappa shape index (κ3) is 3.36. The lowest BCUT2D eigenvalue weighted by atomic mass is 10.1. The van der Waals surface area contributed by atoms with E-state index in [2.05, 4.69) is 17.0 Å². The smallest absolute Gasteiger partial charge is 0.123 e. The third-order valence-corrected chi connectivity index (χ3v) is 3.69. The molecule has 0 amide bonds. The number of halogens is 1. The maximum atomic E-state index is 5.80. The largest absolute Gasteiger partial charge is 0.496 e. The molecule has 1 aromatic rings. The van der Waals surface area contributed by atoms with Crippen molar-refractivity contribution in [2.45, 2.75) is 19.4 Å². The van der Waals surface area contributed by atoms with Crippen molar-refractivity contribution in [3.63, 3.8) is 0 Å². The Hall–Kier alpha value is -0.730. The number of para-hydroxylation sites is 1. The molecular weight excluding hydrogens is 234 g/mol. The van der Waals surface area contributed by atoms with Crippen molar-refractivity contribution >= 4 is 11.6 Å². The molecule has 1 saturated heterocycles. The Morgan fingerprint density at radius 3 is 3.00 bits per heavy atom. The average molecular weight is 254 g/mol. The molecule has 0 N–H and O–H groups in total. The predicted octanol–water partition coefficient (Wildman–Crippen LogP) is 3.15. The van der Waals surface area contributed by atoms with Crippen LogP contribution in [-0.4, -0.2) is 31.0 Å². The minimum Gasteiger partial charge on any atom is -0.496 e. The Bertz CT molecular complexity index is 356. The first-order chi connectivity index (χ1) is 8.33. The van der Waals surface area contributed by atoms with Gasteiger partial charge in [0, 0.05) is 24.5 Å². The Morgan fingerprint density at radius 1 is 1.41 bits per heavy atom. The lowest BCUT2D eigenvalue weighted by molar-refractivity contribution is 0.307. The van der Waals surface area contributed by atoms with Gasteiger partial charge >= 0.3 is 0 Å². The summed E-state index contributed by atoms with van der Waals surface area (Å²) in [6.45, 7) is 3.34. The molecule has 1 heterocycles. The molecule has 1 aliphatic rings. The Labute approximate surface area is 109 Å². The van der Waals surface area contributed by atoms with Crippen molar-refractivity contribution in [2.75, 3.05) is 26.1 Å². The zero-order valence-corrected chi connectivity index (χ0v) is 11.1. The van der Waals surface area contributed by atoms with Crippen LogP contribution in [0.3, 0.4) is 0 Å². The van der Waals surface area contributed by atoms with E-state index in [1.807, 2.05) is 12.1 Å². The molecule has 1 aromatic carbocycles. The number of alkyl halides is 1. The molecule has 1 fully saturated rings. The maximum absolute atomic E-state index is 5.80. The molecule has 94 valence electrons. The Balaban J connectivity index is 1.93. The molecule has 0 aliphatic carbocycles. The molecule has 1 unspecified atom stereocenters. The fraction of sp³-hybridized carbons (Fsp3) is 0.571. The molecule has 2 rings (SSSR count). The number of likely N-dealkylation sites (tertiary alicyclic amines) is 1. The summed E-state index contributed by atoms with van der Waals surface area (Å²) in [5.74, 6) is 2.56. The standard InChI is InChI=1S/C14H20ClNO/c1-17-14-5-3-2-4-13(14)11-16-9-7-12(10-16)6-8-15/h2-5,12H,6-11H2,1H3. The highest BCUT2D eigenvalue weighted by Crippen LogP contribution is 2.25. The van der Waals surface area contributed by atoms with Crippen molar-refractivity contribution in [2.24, 2.45) is 5.92 Å². The number of methoxy groups -OCH3 is 1. The van der Waals surface area contributed by atoms with Crippen LogP contribution in [-0.2, 0) is 6.54 Å². The van der Waals surface area contributed by atoms with Crippen molar-refractivity contribution in [1.29, 1.82) is 0 Å². The third-order valence-electron chi connectivity index (χ3n) is 3.47. The molecule has 3 heteroatoms. The number of hydrogen-bond donors (Lipinski definition) is 0. The summed E-state index contributed by atoms with van der Waals surface area (Å²) in [6.07, 6.45) is 2.42. The van der Waals surface area contributed by atoms with Gasteiger partial charge in [-0.3, -0.25) is 4.90 Å². The number of benzene rings is 1. The van der Waals surface area contributed by atoms with Crippen LogP contribution in [0.5, 0.6) is 5.75 Å². The molecule has 0 bridgehead atoms. The summed E-state index contributed by atoms with van der Waals surface area (Å²) in [5.41, 5.74) is 1.28. The normalized spacial score (nSPS) is 20.7. The molecule has 2 nitrogen and oxygen atoms in total. The minimum absolute atomic E-state index is 0.780. The molecule has 1 aliphatic heterocycles. The summed E-state index contributed by atoms with van der Waals surface area (Å²) in [7, 11) is 1.74. The van der Waals surface area contributed by atoms with Crippen LogP contribution in [0.2, 0.25) is 0 Å².